The third kappa shape index (κ3) is 3.92. The lowest BCUT2D eigenvalue weighted by Gasteiger charge is -2.36. The highest BCUT2D eigenvalue weighted by molar-refractivity contribution is 7.92. The van der Waals surface area contributed by atoms with Gasteiger partial charge in [-0.3, -0.25) is 0 Å². The fraction of sp³-hybridized carbons (Fsp3) is 0.571. The van der Waals surface area contributed by atoms with Crippen molar-refractivity contribution in [2.45, 2.75) is 60.6 Å². The minimum absolute atomic E-state index is 0.0208. The number of sulfone groups is 1. The van der Waals surface area contributed by atoms with E-state index in [0.717, 1.165) is 12.0 Å². The number of aliphatic hydroxyl groups is 2. The highest BCUT2D eigenvalue weighted by atomic mass is 35.5. The Hall–Kier alpha value is -1.49. The summed E-state index contributed by atoms with van der Waals surface area (Å²) in [5, 5.41) is 27.0. The maximum absolute atomic E-state index is 13.7. The second-order valence-electron chi connectivity index (χ2n) is 8.20. The molecule has 2 aliphatic carbocycles. The van der Waals surface area contributed by atoms with Crippen molar-refractivity contribution in [3.8, 4) is 0 Å². The van der Waals surface area contributed by atoms with E-state index in [1.165, 1.54) is 6.08 Å². The number of hydrogen-bond donors (Lipinski definition) is 3. The van der Waals surface area contributed by atoms with Crippen LogP contribution in [0, 0.1) is 0 Å². The van der Waals surface area contributed by atoms with Gasteiger partial charge in [0.25, 0.3) is 0 Å². The van der Waals surface area contributed by atoms with Crippen LogP contribution in [-0.4, -0.2) is 66.2 Å². The Labute approximate surface area is 185 Å². The van der Waals surface area contributed by atoms with Crippen LogP contribution in [0.5, 0.6) is 0 Å². The molecule has 4 atom stereocenters. The highest BCUT2D eigenvalue weighted by Gasteiger charge is 2.52. The molecule has 0 bridgehead atoms. The molecular weight excluding hydrogens is 448 g/mol. The van der Waals surface area contributed by atoms with Crippen LogP contribution in [0.1, 0.15) is 42.1 Å². The number of rotatable bonds is 5. The molecule has 1 saturated heterocycles. The molecule has 0 radical (unpaired) electrons. The number of aryl methyl sites for hydroxylation is 1. The Kier molecular flexibility index (Phi) is 6.19. The third-order valence-corrected chi connectivity index (χ3v) is 9.25. The number of fused-ring (bicyclic) bond motifs is 1. The van der Waals surface area contributed by atoms with Crippen LogP contribution in [0.25, 0.3) is 0 Å². The second kappa shape index (κ2) is 8.46. The molecule has 8 nitrogen and oxygen atoms in total. The minimum atomic E-state index is -3.94. The molecular formula is C21H25ClO8S. The summed E-state index contributed by atoms with van der Waals surface area (Å²) in [7, 11) is -3.94. The van der Waals surface area contributed by atoms with E-state index in [1.807, 2.05) is 6.07 Å². The monoisotopic (exact) mass is 472 g/mol. The standard InChI is InChI=1S/C21H25ClO8S/c22-14-5-1-3-12-4-2-6-18(19(12)14)31(27,28)17-7-8-21(9-13(17)20(25)26)29-15(10-23)16(11-24)30-21/h1,3,5,9,15-18,23-24H,2,4,6-8,10-11H2,(H,25,26)/t15-,16-,17-,18?/m1/s1. The van der Waals surface area contributed by atoms with Crippen LogP contribution in [0.3, 0.4) is 0 Å². The van der Waals surface area contributed by atoms with Gasteiger partial charge in [-0.2, -0.15) is 0 Å². The quantitative estimate of drug-likeness (QED) is 0.591. The molecule has 1 fully saturated rings. The van der Waals surface area contributed by atoms with E-state index in [2.05, 4.69) is 0 Å². The van der Waals surface area contributed by atoms with Gasteiger partial charge in [0.05, 0.1) is 29.3 Å². The number of benzene rings is 1. The van der Waals surface area contributed by atoms with Crippen molar-refractivity contribution < 1.29 is 38.0 Å². The molecule has 10 heteroatoms. The third-order valence-electron chi connectivity index (χ3n) is 6.37. The van der Waals surface area contributed by atoms with Crippen LogP contribution >= 0.6 is 11.6 Å². The first kappa shape index (κ1) is 22.7. The summed E-state index contributed by atoms with van der Waals surface area (Å²) in [6.07, 6.45) is 1.37. The number of aliphatic carboxylic acids is 1. The van der Waals surface area contributed by atoms with E-state index < -0.39 is 57.5 Å². The molecule has 170 valence electrons. The molecule has 3 N–H and O–H groups in total. The topological polar surface area (TPSA) is 130 Å². The van der Waals surface area contributed by atoms with Crippen molar-refractivity contribution in [1.29, 1.82) is 0 Å². The molecule has 1 aliphatic heterocycles. The zero-order valence-corrected chi connectivity index (χ0v) is 18.3. The predicted molar refractivity (Wildman–Crippen MR) is 111 cm³/mol. The molecule has 1 aromatic rings. The highest BCUT2D eigenvalue weighted by Crippen LogP contribution is 2.46. The van der Waals surface area contributed by atoms with E-state index in [1.54, 1.807) is 12.1 Å². The lowest BCUT2D eigenvalue weighted by atomic mass is 9.91. The van der Waals surface area contributed by atoms with Crippen LogP contribution in [-0.2, 0) is 30.5 Å². The first-order valence-corrected chi connectivity index (χ1v) is 12.2. The number of carboxylic acids is 1. The van der Waals surface area contributed by atoms with Gasteiger partial charge in [0, 0.05) is 11.4 Å². The maximum Gasteiger partial charge on any atom is 0.332 e. The first-order chi connectivity index (χ1) is 14.7. The molecule has 1 unspecified atom stereocenters. The van der Waals surface area contributed by atoms with Gasteiger partial charge in [-0.25, -0.2) is 13.2 Å². The summed E-state index contributed by atoms with van der Waals surface area (Å²) in [5.41, 5.74) is 1.12. The van der Waals surface area contributed by atoms with Gasteiger partial charge in [-0.15, -0.1) is 0 Å². The number of halogens is 1. The van der Waals surface area contributed by atoms with E-state index in [0.29, 0.717) is 23.4 Å². The molecule has 4 rings (SSSR count). The van der Waals surface area contributed by atoms with Gasteiger partial charge in [0.1, 0.15) is 12.2 Å². The molecule has 1 aromatic carbocycles. The van der Waals surface area contributed by atoms with Crippen LogP contribution in [0.4, 0.5) is 0 Å². The SMILES string of the molecule is O=C(O)C1=CC2(CC[C@H]1S(=O)(=O)C1CCCc3cccc(Cl)c31)O[C@H](CO)[C@@H](CO)O2. The van der Waals surface area contributed by atoms with Crippen molar-refractivity contribution in [3.05, 3.63) is 46.0 Å². The Balaban J connectivity index is 1.72. The lowest BCUT2D eigenvalue weighted by Crippen LogP contribution is -2.42. The van der Waals surface area contributed by atoms with Gasteiger partial charge >= 0.3 is 5.97 Å². The minimum Gasteiger partial charge on any atom is -0.478 e. The molecule has 1 heterocycles. The number of hydrogen-bond acceptors (Lipinski definition) is 7. The first-order valence-electron chi connectivity index (χ1n) is 10.3. The zero-order chi connectivity index (χ0) is 22.4. The number of ether oxygens (including phenoxy) is 2. The molecule has 0 amide bonds. The Morgan fingerprint density at radius 3 is 2.42 bits per heavy atom. The van der Waals surface area contributed by atoms with E-state index in [4.69, 9.17) is 21.1 Å². The van der Waals surface area contributed by atoms with Gasteiger partial charge in [0.2, 0.25) is 0 Å². The van der Waals surface area contributed by atoms with Crippen molar-refractivity contribution >= 4 is 27.4 Å². The lowest BCUT2D eigenvalue weighted by molar-refractivity contribution is -0.153. The second-order valence-corrected chi connectivity index (χ2v) is 10.9. The number of carbonyl (C=O) groups is 1. The van der Waals surface area contributed by atoms with Crippen LogP contribution in [0.2, 0.25) is 5.02 Å². The smallest absolute Gasteiger partial charge is 0.332 e. The van der Waals surface area contributed by atoms with Gasteiger partial charge < -0.3 is 24.8 Å². The fourth-order valence-electron chi connectivity index (χ4n) is 4.93. The Morgan fingerprint density at radius 1 is 1.13 bits per heavy atom. The van der Waals surface area contributed by atoms with Gasteiger partial charge in [-0.1, -0.05) is 23.7 Å². The van der Waals surface area contributed by atoms with E-state index in [-0.39, 0.29) is 18.4 Å². The fourth-order valence-corrected chi connectivity index (χ4v) is 7.79. The number of aliphatic hydroxyl groups excluding tert-OH is 2. The normalized spacial score (nSPS) is 30.1. The predicted octanol–water partition coefficient (Wildman–Crippen LogP) is 1.77. The van der Waals surface area contributed by atoms with E-state index in [9.17, 15) is 28.5 Å². The summed E-state index contributed by atoms with van der Waals surface area (Å²) in [5.74, 6) is -2.86. The summed E-state index contributed by atoms with van der Waals surface area (Å²) in [6, 6.07) is 5.30. The van der Waals surface area contributed by atoms with E-state index >= 15 is 0 Å². The van der Waals surface area contributed by atoms with Crippen LogP contribution in [0.15, 0.2) is 29.8 Å². The molecule has 31 heavy (non-hydrogen) atoms. The maximum atomic E-state index is 13.7. The van der Waals surface area contributed by atoms with Crippen molar-refractivity contribution in [1.82, 2.24) is 0 Å². The summed E-state index contributed by atoms with van der Waals surface area (Å²) < 4.78 is 38.8. The van der Waals surface area contributed by atoms with Crippen molar-refractivity contribution in [2.24, 2.45) is 0 Å². The molecule has 0 saturated carbocycles. The summed E-state index contributed by atoms with van der Waals surface area (Å²) >= 11 is 6.36. The molecule has 1 spiro atoms. The van der Waals surface area contributed by atoms with Crippen molar-refractivity contribution in [2.75, 3.05) is 13.2 Å². The summed E-state index contributed by atoms with van der Waals surface area (Å²) in [6.45, 7) is -0.829. The zero-order valence-electron chi connectivity index (χ0n) is 16.7. The van der Waals surface area contributed by atoms with Crippen molar-refractivity contribution in [3.63, 3.8) is 0 Å². The summed E-state index contributed by atoms with van der Waals surface area (Å²) in [4.78, 5) is 12.1. The Morgan fingerprint density at radius 2 is 1.81 bits per heavy atom. The molecule has 3 aliphatic rings. The van der Waals surface area contributed by atoms with Gasteiger partial charge in [0.15, 0.2) is 15.6 Å². The Bertz CT molecular complexity index is 993. The van der Waals surface area contributed by atoms with Crippen LogP contribution < -0.4 is 0 Å². The largest absolute Gasteiger partial charge is 0.478 e. The average molecular weight is 473 g/mol. The molecule has 0 aromatic heterocycles. The average Bonchev–Trinajstić information content (AvgIpc) is 3.10. The van der Waals surface area contributed by atoms with Gasteiger partial charge in [-0.05, 0) is 49.0 Å². The number of carboxylic acid groups (broad SMARTS) is 1.